The van der Waals surface area contributed by atoms with Gasteiger partial charge in [0.25, 0.3) is 0 Å². The molecule has 0 aliphatic carbocycles. The Labute approximate surface area is 87.2 Å². The number of allylic oxidation sites excluding steroid dienone is 1. The molecule has 0 radical (unpaired) electrons. The highest BCUT2D eigenvalue weighted by atomic mass is 16.3. The maximum atomic E-state index is 9.33. The predicted octanol–water partition coefficient (Wildman–Crippen LogP) is 3.23. The summed E-state index contributed by atoms with van der Waals surface area (Å²) < 4.78 is 0. The first-order valence-corrected chi connectivity index (χ1v) is 4.95. The zero-order chi connectivity index (χ0) is 11.1. The van der Waals surface area contributed by atoms with Crippen molar-refractivity contribution in [2.45, 2.75) is 40.7 Å². The Bertz CT molecular complexity index is 291. The maximum absolute atomic E-state index is 9.33. The standard InChI is InChI=1S/C13H20O/c1-10(2)8-6-7-9-11(3)12(4)13(5)14/h6-7,12-14H,1-5H3. The lowest BCUT2D eigenvalue weighted by Gasteiger charge is -2.12. The molecule has 0 fully saturated rings. The zero-order valence-corrected chi connectivity index (χ0v) is 9.76. The summed E-state index contributed by atoms with van der Waals surface area (Å²) in [6.45, 7) is 9.76. The zero-order valence-electron chi connectivity index (χ0n) is 9.76. The molecule has 1 heteroatoms. The molecule has 0 rings (SSSR count). The minimum absolute atomic E-state index is 0.159. The van der Waals surface area contributed by atoms with Crippen molar-refractivity contribution in [2.75, 3.05) is 0 Å². The van der Waals surface area contributed by atoms with E-state index in [0.717, 1.165) is 11.1 Å². The first-order valence-electron chi connectivity index (χ1n) is 4.95. The molecule has 0 saturated carbocycles. The smallest absolute Gasteiger partial charge is 0.0580 e. The summed E-state index contributed by atoms with van der Waals surface area (Å²) in [6, 6.07) is 0. The Morgan fingerprint density at radius 2 is 1.57 bits per heavy atom. The van der Waals surface area contributed by atoms with Gasteiger partial charge in [-0.25, -0.2) is 0 Å². The highest BCUT2D eigenvalue weighted by Gasteiger charge is 2.09. The van der Waals surface area contributed by atoms with Gasteiger partial charge in [0.1, 0.15) is 0 Å². The minimum Gasteiger partial charge on any atom is -0.393 e. The van der Waals surface area contributed by atoms with Crippen LogP contribution >= 0.6 is 0 Å². The summed E-state index contributed by atoms with van der Waals surface area (Å²) >= 11 is 0. The van der Waals surface area contributed by atoms with E-state index in [1.54, 1.807) is 6.92 Å². The van der Waals surface area contributed by atoms with Crippen LogP contribution in [0.15, 0.2) is 34.8 Å². The second kappa shape index (κ2) is 6.45. The van der Waals surface area contributed by atoms with Crippen LogP contribution in [-0.4, -0.2) is 11.2 Å². The van der Waals surface area contributed by atoms with Crippen LogP contribution in [0.5, 0.6) is 0 Å². The van der Waals surface area contributed by atoms with E-state index in [0.29, 0.717) is 0 Å². The molecule has 1 nitrogen and oxygen atoms in total. The number of hydrogen-bond donors (Lipinski definition) is 1. The van der Waals surface area contributed by atoms with Crippen molar-refractivity contribution in [3.05, 3.63) is 34.8 Å². The largest absolute Gasteiger partial charge is 0.393 e. The molecule has 0 amide bonds. The van der Waals surface area contributed by atoms with Gasteiger partial charge in [0.05, 0.1) is 6.10 Å². The number of hydrogen-bond acceptors (Lipinski definition) is 1. The molecule has 14 heavy (non-hydrogen) atoms. The highest BCUT2D eigenvalue weighted by molar-refractivity contribution is 5.10. The summed E-state index contributed by atoms with van der Waals surface area (Å²) in [5.74, 6) is 0.159. The highest BCUT2D eigenvalue weighted by Crippen LogP contribution is 2.12. The second-order valence-corrected chi connectivity index (χ2v) is 3.83. The van der Waals surface area contributed by atoms with Gasteiger partial charge in [0.15, 0.2) is 0 Å². The molecular weight excluding hydrogens is 172 g/mol. The van der Waals surface area contributed by atoms with Crippen LogP contribution in [-0.2, 0) is 0 Å². The number of aliphatic hydroxyl groups is 1. The molecule has 0 aliphatic heterocycles. The third-order valence-electron chi connectivity index (χ3n) is 2.17. The van der Waals surface area contributed by atoms with E-state index < -0.39 is 0 Å². The van der Waals surface area contributed by atoms with Crippen molar-refractivity contribution < 1.29 is 5.11 Å². The van der Waals surface area contributed by atoms with Gasteiger partial charge in [-0.2, -0.15) is 0 Å². The molecule has 1 N–H and O–H groups in total. The molecule has 78 valence electrons. The van der Waals surface area contributed by atoms with E-state index in [1.807, 2.05) is 39.8 Å². The minimum atomic E-state index is -0.316. The Morgan fingerprint density at radius 1 is 1.07 bits per heavy atom. The summed E-state index contributed by atoms with van der Waals surface area (Å²) in [4.78, 5) is 0. The van der Waals surface area contributed by atoms with Crippen molar-refractivity contribution in [3.8, 4) is 0 Å². The van der Waals surface area contributed by atoms with Gasteiger partial charge in [0.2, 0.25) is 0 Å². The van der Waals surface area contributed by atoms with Crippen molar-refractivity contribution >= 4 is 0 Å². The topological polar surface area (TPSA) is 20.2 Å². The fourth-order valence-corrected chi connectivity index (χ4v) is 0.875. The Hall–Kier alpha value is -1.00. The van der Waals surface area contributed by atoms with Gasteiger partial charge in [0, 0.05) is 5.92 Å². The molecule has 0 aromatic heterocycles. The van der Waals surface area contributed by atoms with E-state index in [2.05, 4.69) is 11.5 Å². The predicted molar refractivity (Wildman–Crippen MR) is 61.1 cm³/mol. The van der Waals surface area contributed by atoms with Gasteiger partial charge >= 0.3 is 0 Å². The molecule has 2 atom stereocenters. The van der Waals surface area contributed by atoms with Crippen molar-refractivity contribution in [3.63, 3.8) is 0 Å². The quantitative estimate of drug-likeness (QED) is 0.537. The average Bonchev–Trinajstić information content (AvgIpc) is 2.10. The first-order chi connectivity index (χ1) is 6.45. The van der Waals surface area contributed by atoms with Gasteiger partial charge in [-0.05, 0) is 51.0 Å². The Kier molecular flexibility index (Phi) is 5.99. The van der Waals surface area contributed by atoms with Crippen LogP contribution in [0.25, 0.3) is 0 Å². The third-order valence-corrected chi connectivity index (χ3v) is 2.17. The van der Waals surface area contributed by atoms with E-state index in [4.69, 9.17) is 0 Å². The molecule has 0 aliphatic rings. The lowest BCUT2D eigenvalue weighted by molar-refractivity contribution is 0.152. The Balaban J connectivity index is 4.60. The van der Waals surface area contributed by atoms with Crippen LogP contribution in [0.2, 0.25) is 0 Å². The monoisotopic (exact) mass is 192 g/mol. The molecule has 0 heterocycles. The van der Waals surface area contributed by atoms with Crippen LogP contribution < -0.4 is 0 Å². The lowest BCUT2D eigenvalue weighted by Crippen LogP contribution is -2.13. The van der Waals surface area contributed by atoms with Gasteiger partial charge in [-0.15, -0.1) is 11.5 Å². The fourth-order valence-electron chi connectivity index (χ4n) is 0.875. The lowest BCUT2D eigenvalue weighted by atomic mass is 9.98. The maximum Gasteiger partial charge on any atom is 0.0580 e. The molecule has 0 aromatic carbocycles. The Morgan fingerprint density at radius 3 is 2.00 bits per heavy atom. The summed E-state index contributed by atoms with van der Waals surface area (Å²) in [7, 11) is 0. The summed E-state index contributed by atoms with van der Waals surface area (Å²) in [6.07, 6.45) is 3.36. The van der Waals surface area contributed by atoms with Gasteiger partial charge < -0.3 is 5.11 Å². The average molecular weight is 192 g/mol. The summed E-state index contributed by atoms with van der Waals surface area (Å²) in [5, 5.41) is 9.33. The second-order valence-electron chi connectivity index (χ2n) is 3.83. The fraction of sp³-hybridized carbons (Fsp3) is 0.538. The van der Waals surface area contributed by atoms with Crippen LogP contribution in [0.1, 0.15) is 34.6 Å². The third kappa shape index (κ3) is 5.61. The van der Waals surface area contributed by atoms with Crippen molar-refractivity contribution in [2.24, 2.45) is 5.92 Å². The van der Waals surface area contributed by atoms with E-state index in [-0.39, 0.29) is 12.0 Å². The molecular formula is C13H20O. The van der Waals surface area contributed by atoms with Crippen LogP contribution in [0.4, 0.5) is 0 Å². The molecule has 0 aromatic rings. The number of rotatable bonds is 3. The van der Waals surface area contributed by atoms with Gasteiger partial charge in [-0.1, -0.05) is 6.92 Å². The van der Waals surface area contributed by atoms with Crippen molar-refractivity contribution in [1.29, 1.82) is 0 Å². The summed E-state index contributed by atoms with van der Waals surface area (Å²) in [5.41, 5.74) is 8.39. The van der Waals surface area contributed by atoms with Crippen molar-refractivity contribution in [1.82, 2.24) is 0 Å². The first kappa shape index (κ1) is 13.0. The van der Waals surface area contributed by atoms with E-state index in [9.17, 15) is 5.11 Å². The molecule has 0 bridgehead atoms. The van der Waals surface area contributed by atoms with Crippen LogP contribution in [0, 0.1) is 5.92 Å². The molecule has 2 unspecified atom stereocenters. The van der Waals surface area contributed by atoms with E-state index in [1.165, 1.54) is 0 Å². The van der Waals surface area contributed by atoms with Crippen LogP contribution in [0.3, 0.4) is 0 Å². The van der Waals surface area contributed by atoms with Gasteiger partial charge in [-0.3, -0.25) is 0 Å². The number of aliphatic hydroxyl groups excluding tert-OH is 1. The molecule has 0 saturated heterocycles. The normalized spacial score (nSPS) is 13.3. The SMILES string of the molecule is CC(C)=C=CC=C=C(C)C(C)C(C)O. The van der Waals surface area contributed by atoms with E-state index >= 15 is 0 Å². The molecule has 0 spiro atoms.